The fraction of sp³-hybridized carbons (Fsp3) is 0.257. The van der Waals surface area contributed by atoms with Crippen LogP contribution in [0.1, 0.15) is 139 Å². The number of rotatable bonds is 4. The van der Waals surface area contributed by atoms with Crippen LogP contribution in [0.4, 0.5) is 11.4 Å². The summed E-state index contributed by atoms with van der Waals surface area (Å²) in [5.41, 5.74) is 28.6. The van der Waals surface area contributed by atoms with Gasteiger partial charge in [0.2, 0.25) is 0 Å². The number of benzene rings is 8. The third-order valence-corrected chi connectivity index (χ3v) is 18.4. The molecule has 8 aromatic carbocycles. The predicted octanol–water partition coefficient (Wildman–Crippen LogP) is 16.9. The number of nitrogens with one attached hydrogen (secondary N) is 1. The average molecular weight is 960 g/mol. The molecule has 0 bridgehead atoms. The van der Waals surface area contributed by atoms with E-state index in [1.807, 2.05) is 6.07 Å². The highest BCUT2D eigenvalue weighted by atomic mass is 16.5. The van der Waals surface area contributed by atoms with Gasteiger partial charge in [0, 0.05) is 66.9 Å². The molecule has 1 radical (unpaired) electrons. The standard InChI is InChI=1S/C70H64BN2O/c1-39-30-62(40-18-14-13-15-19-40)74-63-38-61-58(34-46(39)63)71-64-44(26-27-45-51-32-47-43-20-16-17-21-52(43)69(9,10)55(47)37-60(51)73(61)65(45)64)50-31-48-49-33-56-57(68(7,8)29-28-67(56,5)6)35-53(49)70(11,12)54(48)36-59(50)72-42-24-22-41(23-25-42)66(2,3)4/h13-27,30-38,72H,1,28-29H2,2-12H3. The van der Waals surface area contributed by atoms with Crippen LogP contribution in [0.5, 0.6) is 5.75 Å². The molecule has 9 aromatic rings. The van der Waals surface area contributed by atoms with Gasteiger partial charge in [0.25, 0.3) is 0 Å². The summed E-state index contributed by atoms with van der Waals surface area (Å²) in [6.45, 7) is 31.0. The minimum atomic E-state index is -0.205. The first-order valence-electron chi connectivity index (χ1n) is 26.9. The number of aromatic nitrogens is 1. The van der Waals surface area contributed by atoms with Gasteiger partial charge in [-0.15, -0.1) is 0 Å². The zero-order valence-electron chi connectivity index (χ0n) is 44.9. The van der Waals surface area contributed by atoms with Gasteiger partial charge in [-0.3, -0.25) is 0 Å². The van der Waals surface area contributed by atoms with Gasteiger partial charge in [0.1, 0.15) is 11.5 Å². The van der Waals surface area contributed by atoms with Crippen molar-refractivity contribution in [2.75, 3.05) is 5.32 Å². The van der Waals surface area contributed by atoms with Gasteiger partial charge in [0.05, 0.1) is 5.52 Å². The van der Waals surface area contributed by atoms with E-state index in [4.69, 9.17) is 4.74 Å². The molecule has 0 amide bonds. The Morgan fingerprint density at radius 3 is 1.95 bits per heavy atom. The minimum absolute atomic E-state index is 0.0511. The molecule has 1 aromatic heterocycles. The number of nitrogens with zero attached hydrogens (tertiary/aromatic N) is 1. The number of allylic oxidation sites excluding steroid dienone is 2. The number of anilines is 2. The molecule has 3 heterocycles. The van der Waals surface area contributed by atoms with E-state index in [2.05, 4.69) is 239 Å². The zero-order chi connectivity index (χ0) is 51.2. The smallest absolute Gasteiger partial charge is 0.197 e. The Hall–Kier alpha value is -7.30. The summed E-state index contributed by atoms with van der Waals surface area (Å²) in [6.07, 6.45) is 4.46. The molecule has 0 spiro atoms. The molecule has 1 N–H and O–H groups in total. The Labute approximate surface area is 438 Å². The van der Waals surface area contributed by atoms with Crippen molar-refractivity contribution in [3.05, 3.63) is 202 Å². The van der Waals surface area contributed by atoms with Crippen molar-refractivity contribution in [1.29, 1.82) is 0 Å². The summed E-state index contributed by atoms with van der Waals surface area (Å²) in [7, 11) is 2.46. The average Bonchev–Trinajstić information content (AvgIpc) is 3.92. The third-order valence-electron chi connectivity index (χ3n) is 18.4. The molecular weight excluding hydrogens is 896 g/mol. The fourth-order valence-electron chi connectivity index (χ4n) is 13.8. The summed E-state index contributed by atoms with van der Waals surface area (Å²) >= 11 is 0. The van der Waals surface area contributed by atoms with Crippen LogP contribution in [0, 0.1) is 0 Å². The van der Waals surface area contributed by atoms with E-state index in [0.717, 1.165) is 50.7 Å². The van der Waals surface area contributed by atoms with Crippen molar-refractivity contribution in [2.45, 2.75) is 116 Å². The molecule has 74 heavy (non-hydrogen) atoms. The van der Waals surface area contributed by atoms with Crippen LogP contribution in [0.15, 0.2) is 152 Å². The van der Waals surface area contributed by atoms with Crippen molar-refractivity contribution in [3.63, 3.8) is 0 Å². The Morgan fingerprint density at radius 1 is 0.554 bits per heavy atom. The predicted molar refractivity (Wildman–Crippen MR) is 314 cm³/mol. The molecule has 0 unspecified atom stereocenters. The fourth-order valence-corrected chi connectivity index (χ4v) is 13.8. The lowest BCUT2D eigenvalue weighted by atomic mass is 9.58. The summed E-state index contributed by atoms with van der Waals surface area (Å²) in [4.78, 5) is 0. The van der Waals surface area contributed by atoms with Crippen molar-refractivity contribution in [1.82, 2.24) is 4.57 Å². The van der Waals surface area contributed by atoms with Crippen LogP contribution in [0.25, 0.3) is 72.2 Å². The first kappa shape index (κ1) is 45.3. The zero-order valence-corrected chi connectivity index (χ0v) is 44.9. The molecule has 0 atom stereocenters. The van der Waals surface area contributed by atoms with E-state index in [0.29, 0.717) is 0 Å². The van der Waals surface area contributed by atoms with E-state index in [-0.39, 0.29) is 27.1 Å². The first-order chi connectivity index (χ1) is 35.2. The monoisotopic (exact) mass is 960 g/mol. The van der Waals surface area contributed by atoms with Crippen molar-refractivity contribution >= 4 is 62.7 Å². The Kier molecular flexibility index (Phi) is 9.15. The van der Waals surface area contributed by atoms with Crippen LogP contribution < -0.4 is 21.0 Å². The molecule has 0 saturated heterocycles. The lowest BCUT2D eigenvalue weighted by Crippen LogP contribution is -2.37. The maximum Gasteiger partial charge on any atom is 0.197 e. The van der Waals surface area contributed by atoms with Crippen LogP contribution in [-0.2, 0) is 27.1 Å². The molecule has 14 rings (SSSR count). The summed E-state index contributed by atoms with van der Waals surface area (Å²) in [5, 5.41) is 6.56. The van der Waals surface area contributed by atoms with Gasteiger partial charge in [0.15, 0.2) is 7.28 Å². The van der Waals surface area contributed by atoms with Crippen LogP contribution >= 0.6 is 0 Å². The molecule has 5 aliphatic rings. The largest absolute Gasteiger partial charge is 0.456 e. The topological polar surface area (TPSA) is 26.2 Å². The lowest BCUT2D eigenvalue weighted by Gasteiger charge is -2.42. The van der Waals surface area contributed by atoms with Gasteiger partial charge < -0.3 is 14.6 Å². The molecule has 363 valence electrons. The Morgan fingerprint density at radius 2 is 1.20 bits per heavy atom. The highest BCUT2D eigenvalue weighted by molar-refractivity contribution is 6.73. The van der Waals surface area contributed by atoms with Crippen molar-refractivity contribution < 1.29 is 4.74 Å². The van der Waals surface area contributed by atoms with Crippen LogP contribution in [0.3, 0.4) is 0 Å². The van der Waals surface area contributed by atoms with Crippen LogP contribution in [0.2, 0.25) is 0 Å². The highest BCUT2D eigenvalue weighted by Crippen LogP contribution is 2.57. The van der Waals surface area contributed by atoms with Crippen molar-refractivity contribution in [3.8, 4) is 44.8 Å². The molecule has 4 heteroatoms. The van der Waals surface area contributed by atoms with E-state index < -0.39 is 0 Å². The second-order valence-electron chi connectivity index (χ2n) is 25.6. The molecular formula is C70H64BN2O. The van der Waals surface area contributed by atoms with Gasteiger partial charge in [-0.25, -0.2) is 0 Å². The van der Waals surface area contributed by atoms with Gasteiger partial charge in [-0.1, -0.05) is 179 Å². The number of hydrogen-bond acceptors (Lipinski definition) is 2. The second-order valence-corrected chi connectivity index (χ2v) is 25.6. The number of hydrogen-bond donors (Lipinski definition) is 1. The highest BCUT2D eigenvalue weighted by Gasteiger charge is 2.44. The minimum Gasteiger partial charge on any atom is -0.456 e. The maximum atomic E-state index is 6.88. The van der Waals surface area contributed by atoms with E-state index in [9.17, 15) is 0 Å². The second kappa shape index (κ2) is 14.9. The number of fused-ring (bicyclic) bond motifs is 13. The SMILES string of the molecule is C=C1C=C(c2ccccc2)Oc2cc3c(cc21)[B]c1c(-c2cc4c(cc2Nc2ccc(C(C)(C)C)cc2)C(C)(C)c2cc5c(cc2-4)C(C)(C)CCC5(C)C)ccc2c4cc5c(cc4n-3c12)C(C)(C)c1ccccc1-5. The molecule has 0 fully saturated rings. The Bertz CT molecular complexity index is 4020. The molecule has 3 nitrogen and oxygen atoms in total. The lowest BCUT2D eigenvalue weighted by molar-refractivity contribution is 0.331. The molecule has 3 aliphatic carbocycles. The summed E-state index contributed by atoms with van der Waals surface area (Å²) in [5.74, 6) is 1.64. The first-order valence-corrected chi connectivity index (χ1v) is 26.9. The normalized spacial score (nSPS) is 17.5. The van der Waals surface area contributed by atoms with E-state index in [1.54, 1.807) is 0 Å². The van der Waals surface area contributed by atoms with Crippen molar-refractivity contribution in [2.24, 2.45) is 0 Å². The third kappa shape index (κ3) is 6.33. The molecule has 0 saturated carbocycles. The number of ether oxygens (including phenoxy) is 1. The van der Waals surface area contributed by atoms with Gasteiger partial charge in [-0.05, 0) is 155 Å². The van der Waals surface area contributed by atoms with Gasteiger partial charge >= 0.3 is 0 Å². The summed E-state index contributed by atoms with van der Waals surface area (Å²) < 4.78 is 9.44. The van der Waals surface area contributed by atoms with E-state index >= 15 is 0 Å². The van der Waals surface area contributed by atoms with Gasteiger partial charge in [-0.2, -0.15) is 0 Å². The van der Waals surface area contributed by atoms with E-state index in [1.165, 1.54) is 112 Å². The van der Waals surface area contributed by atoms with Crippen LogP contribution in [-0.4, -0.2) is 11.8 Å². The Balaban J connectivity index is 1.04. The summed E-state index contributed by atoms with van der Waals surface area (Å²) in [6, 6.07) is 53.1. The quantitative estimate of drug-likeness (QED) is 0.178. The molecule has 2 aliphatic heterocycles. The maximum absolute atomic E-state index is 6.88.